The molecule has 0 spiro atoms. The maximum Gasteiger partial charge on any atom is 0.339 e. The Morgan fingerprint density at radius 2 is 1.56 bits per heavy atom. The molecule has 2 N–H and O–H groups in total. The third-order valence-electron chi connectivity index (χ3n) is 3.97. The number of hydrogen-bond donors (Lipinski definition) is 2. The van der Waals surface area contributed by atoms with E-state index < -0.39 is 11.9 Å². The molecule has 138 valence electrons. The minimum absolute atomic E-state index is 0.0846. The van der Waals surface area contributed by atoms with Crippen molar-refractivity contribution in [2.45, 2.75) is 0 Å². The highest BCUT2D eigenvalue weighted by molar-refractivity contribution is 5.98. The zero-order valence-electron chi connectivity index (χ0n) is 14.5. The van der Waals surface area contributed by atoms with Gasteiger partial charge in [0.1, 0.15) is 28.3 Å². The van der Waals surface area contributed by atoms with Crippen molar-refractivity contribution in [3.8, 4) is 28.4 Å². The van der Waals surface area contributed by atoms with Crippen molar-refractivity contribution >= 4 is 11.9 Å². The molecular formula is C19H16N2O6. The molecule has 0 amide bonds. The van der Waals surface area contributed by atoms with Crippen LogP contribution in [0.3, 0.4) is 0 Å². The fourth-order valence-electron chi connectivity index (χ4n) is 2.69. The fraction of sp³-hybridized carbons (Fsp3) is 0.105. The molecule has 27 heavy (non-hydrogen) atoms. The van der Waals surface area contributed by atoms with Gasteiger partial charge in [0, 0.05) is 17.8 Å². The van der Waals surface area contributed by atoms with Gasteiger partial charge in [0.15, 0.2) is 0 Å². The van der Waals surface area contributed by atoms with Crippen LogP contribution in [0.2, 0.25) is 0 Å². The number of carboxylic acids is 2. The summed E-state index contributed by atoms with van der Waals surface area (Å²) in [5.41, 5.74) is 0.783. The van der Waals surface area contributed by atoms with E-state index in [1.54, 1.807) is 24.3 Å². The van der Waals surface area contributed by atoms with Crippen LogP contribution in [-0.2, 0) is 0 Å². The third kappa shape index (κ3) is 3.32. The zero-order chi connectivity index (χ0) is 19.6. The van der Waals surface area contributed by atoms with Crippen LogP contribution in [0.1, 0.15) is 20.7 Å². The number of benzene rings is 2. The molecule has 0 atom stereocenters. The third-order valence-corrected chi connectivity index (χ3v) is 3.97. The molecule has 0 aliphatic rings. The Balaban J connectivity index is 2.26. The van der Waals surface area contributed by atoms with Gasteiger partial charge in [0.05, 0.1) is 19.9 Å². The summed E-state index contributed by atoms with van der Waals surface area (Å²) in [4.78, 5) is 23.3. The van der Waals surface area contributed by atoms with Crippen molar-refractivity contribution in [1.29, 1.82) is 0 Å². The second-order valence-corrected chi connectivity index (χ2v) is 5.53. The number of carboxylic acid groups (broad SMARTS) is 2. The second kappa shape index (κ2) is 7.20. The zero-order valence-corrected chi connectivity index (χ0v) is 14.5. The highest BCUT2D eigenvalue weighted by atomic mass is 16.5. The first-order valence-electron chi connectivity index (χ1n) is 7.84. The summed E-state index contributed by atoms with van der Waals surface area (Å²) in [6.07, 6.45) is 1.37. The summed E-state index contributed by atoms with van der Waals surface area (Å²) in [5, 5.41) is 23.4. The molecule has 0 saturated heterocycles. The number of hydrogen-bond acceptors (Lipinski definition) is 5. The van der Waals surface area contributed by atoms with Crippen LogP contribution in [-0.4, -0.2) is 46.2 Å². The maximum absolute atomic E-state index is 11.7. The van der Waals surface area contributed by atoms with Gasteiger partial charge in [-0.1, -0.05) is 18.2 Å². The van der Waals surface area contributed by atoms with E-state index in [2.05, 4.69) is 5.10 Å². The topological polar surface area (TPSA) is 111 Å². The van der Waals surface area contributed by atoms with Crippen LogP contribution < -0.4 is 9.47 Å². The van der Waals surface area contributed by atoms with Gasteiger partial charge in [0.2, 0.25) is 0 Å². The standard InChI is InChI=1S/C19H16N2O6/c1-26-15-9-16(27-2)13(18(22)23)8-12(15)17-14(19(24)25)10-21(20-17)11-6-4-3-5-7-11/h3-10H,1-2H3,(H,22,23)(H,24,25). The molecule has 3 aromatic rings. The van der Waals surface area contributed by atoms with E-state index in [1.165, 1.54) is 37.2 Å². The summed E-state index contributed by atoms with van der Waals surface area (Å²) >= 11 is 0. The average Bonchev–Trinajstić information content (AvgIpc) is 3.13. The fourth-order valence-corrected chi connectivity index (χ4v) is 2.69. The molecule has 0 radical (unpaired) electrons. The van der Waals surface area contributed by atoms with Crippen LogP contribution in [0.15, 0.2) is 48.7 Å². The largest absolute Gasteiger partial charge is 0.496 e. The van der Waals surface area contributed by atoms with E-state index in [1.807, 2.05) is 6.07 Å². The van der Waals surface area contributed by atoms with Gasteiger partial charge < -0.3 is 19.7 Å². The van der Waals surface area contributed by atoms with Gasteiger partial charge >= 0.3 is 11.9 Å². The molecule has 3 rings (SSSR count). The van der Waals surface area contributed by atoms with Crippen molar-refractivity contribution in [3.63, 3.8) is 0 Å². The number of aromatic carboxylic acids is 2. The lowest BCUT2D eigenvalue weighted by Gasteiger charge is -2.12. The first-order valence-corrected chi connectivity index (χ1v) is 7.84. The summed E-state index contributed by atoms with van der Waals surface area (Å²) in [6, 6.07) is 11.7. The summed E-state index contributed by atoms with van der Waals surface area (Å²) < 4.78 is 11.8. The van der Waals surface area contributed by atoms with Crippen molar-refractivity contribution < 1.29 is 29.3 Å². The average molecular weight is 368 g/mol. The number of ether oxygens (including phenoxy) is 2. The van der Waals surface area contributed by atoms with E-state index in [0.717, 1.165) is 0 Å². The Morgan fingerprint density at radius 3 is 2.11 bits per heavy atom. The van der Waals surface area contributed by atoms with E-state index >= 15 is 0 Å². The van der Waals surface area contributed by atoms with Crippen LogP contribution in [0, 0.1) is 0 Å². The quantitative estimate of drug-likeness (QED) is 0.688. The van der Waals surface area contributed by atoms with Gasteiger partial charge in [-0.15, -0.1) is 0 Å². The van der Waals surface area contributed by atoms with Crippen LogP contribution in [0.4, 0.5) is 0 Å². The number of carbonyl (C=O) groups is 2. The van der Waals surface area contributed by atoms with Crippen LogP contribution in [0.5, 0.6) is 11.5 Å². The Bertz CT molecular complexity index is 1010. The molecule has 0 saturated carbocycles. The Kier molecular flexibility index (Phi) is 4.80. The lowest BCUT2D eigenvalue weighted by molar-refractivity contribution is 0.0685. The number of nitrogens with zero attached hydrogens (tertiary/aromatic N) is 2. The molecule has 0 aliphatic heterocycles. The van der Waals surface area contributed by atoms with Gasteiger partial charge in [0.25, 0.3) is 0 Å². The van der Waals surface area contributed by atoms with E-state index in [4.69, 9.17) is 9.47 Å². The van der Waals surface area contributed by atoms with E-state index in [9.17, 15) is 19.8 Å². The molecule has 1 aromatic heterocycles. The molecule has 2 aromatic carbocycles. The first kappa shape index (κ1) is 18.0. The highest BCUT2D eigenvalue weighted by Crippen LogP contribution is 2.37. The lowest BCUT2D eigenvalue weighted by Crippen LogP contribution is -2.04. The second-order valence-electron chi connectivity index (χ2n) is 5.53. The summed E-state index contributed by atoms with van der Waals surface area (Å²) in [6.45, 7) is 0. The van der Waals surface area contributed by atoms with Gasteiger partial charge in [-0.3, -0.25) is 0 Å². The molecule has 0 bridgehead atoms. The smallest absolute Gasteiger partial charge is 0.339 e. The normalized spacial score (nSPS) is 10.4. The molecule has 8 heteroatoms. The molecular weight excluding hydrogens is 352 g/mol. The Hall–Kier alpha value is -3.81. The molecule has 0 aliphatic carbocycles. The van der Waals surface area contributed by atoms with Gasteiger partial charge in [-0.25, -0.2) is 14.3 Å². The number of rotatable bonds is 6. The number of para-hydroxylation sites is 1. The van der Waals surface area contributed by atoms with Gasteiger partial charge in [-0.2, -0.15) is 5.10 Å². The molecule has 8 nitrogen and oxygen atoms in total. The van der Waals surface area contributed by atoms with Crippen LogP contribution in [0.25, 0.3) is 16.9 Å². The number of aromatic nitrogens is 2. The van der Waals surface area contributed by atoms with Crippen molar-refractivity contribution in [2.24, 2.45) is 0 Å². The van der Waals surface area contributed by atoms with Crippen molar-refractivity contribution in [3.05, 3.63) is 59.8 Å². The predicted octanol–water partition coefficient (Wildman–Crippen LogP) is 2.95. The maximum atomic E-state index is 11.7. The number of methoxy groups -OCH3 is 2. The first-order chi connectivity index (χ1) is 13.0. The molecule has 0 fully saturated rings. The van der Waals surface area contributed by atoms with E-state index in [-0.39, 0.29) is 33.9 Å². The predicted molar refractivity (Wildman–Crippen MR) is 96.0 cm³/mol. The van der Waals surface area contributed by atoms with Crippen molar-refractivity contribution in [2.75, 3.05) is 14.2 Å². The molecule has 0 unspecified atom stereocenters. The van der Waals surface area contributed by atoms with E-state index in [0.29, 0.717) is 5.69 Å². The van der Waals surface area contributed by atoms with Crippen molar-refractivity contribution in [1.82, 2.24) is 9.78 Å². The molecule has 1 heterocycles. The Labute approximate surface area is 154 Å². The summed E-state index contributed by atoms with van der Waals surface area (Å²) in [5.74, 6) is -2.06. The van der Waals surface area contributed by atoms with Gasteiger partial charge in [-0.05, 0) is 18.2 Å². The lowest BCUT2D eigenvalue weighted by atomic mass is 10.0. The highest BCUT2D eigenvalue weighted by Gasteiger charge is 2.24. The van der Waals surface area contributed by atoms with Crippen LogP contribution >= 0.6 is 0 Å². The summed E-state index contributed by atoms with van der Waals surface area (Å²) in [7, 11) is 2.74. The Morgan fingerprint density at radius 1 is 0.926 bits per heavy atom. The SMILES string of the molecule is COc1cc(OC)c(-c2nn(-c3ccccc3)cc2C(=O)O)cc1C(=O)O. The minimum Gasteiger partial charge on any atom is -0.496 e. The minimum atomic E-state index is -1.21. The monoisotopic (exact) mass is 368 g/mol.